The molecule has 130 valence electrons. The third-order valence-corrected chi connectivity index (χ3v) is 4.00. The summed E-state index contributed by atoms with van der Waals surface area (Å²) in [4.78, 5) is 23.6. The minimum atomic E-state index is -0.846. The summed E-state index contributed by atoms with van der Waals surface area (Å²) in [6.07, 6.45) is 4.08. The standard InChI is InChI=1S/C18H19N3O4/c19-10-14-4-6-15(7-5-14)24-12-17(23)25-11-16(22)21-18(13-20)8-2-1-3-9-18/h4-7H,1-3,8-9,11-12H2,(H,21,22). The summed E-state index contributed by atoms with van der Waals surface area (Å²) < 4.78 is 10.1. The van der Waals surface area contributed by atoms with Crippen molar-refractivity contribution in [2.45, 2.75) is 37.6 Å². The number of ether oxygens (including phenoxy) is 2. The first kappa shape index (κ1) is 18.3. The van der Waals surface area contributed by atoms with Crippen LogP contribution in [0.3, 0.4) is 0 Å². The van der Waals surface area contributed by atoms with Crippen LogP contribution in [-0.4, -0.2) is 30.6 Å². The molecule has 7 heteroatoms. The second-order valence-corrected chi connectivity index (χ2v) is 5.89. The minimum Gasteiger partial charge on any atom is -0.482 e. The van der Waals surface area contributed by atoms with Crippen molar-refractivity contribution in [2.24, 2.45) is 0 Å². The van der Waals surface area contributed by atoms with Gasteiger partial charge in [0, 0.05) is 0 Å². The number of rotatable bonds is 6. The molecule has 1 aliphatic carbocycles. The quantitative estimate of drug-likeness (QED) is 0.790. The number of hydrogen-bond donors (Lipinski definition) is 1. The van der Waals surface area contributed by atoms with E-state index in [1.54, 1.807) is 24.3 Å². The first-order valence-corrected chi connectivity index (χ1v) is 8.08. The topological polar surface area (TPSA) is 112 Å². The Morgan fingerprint density at radius 2 is 1.76 bits per heavy atom. The number of nitriles is 2. The summed E-state index contributed by atoms with van der Waals surface area (Å²) in [5.74, 6) is -0.754. The van der Waals surface area contributed by atoms with Crippen molar-refractivity contribution in [1.82, 2.24) is 5.32 Å². The molecule has 2 rings (SSSR count). The molecule has 0 unspecified atom stereocenters. The van der Waals surface area contributed by atoms with Crippen LogP contribution in [-0.2, 0) is 14.3 Å². The summed E-state index contributed by atoms with van der Waals surface area (Å²) in [6, 6.07) is 10.4. The zero-order valence-electron chi connectivity index (χ0n) is 13.8. The lowest BCUT2D eigenvalue weighted by Gasteiger charge is -2.31. The van der Waals surface area contributed by atoms with E-state index in [1.807, 2.05) is 6.07 Å². The number of carbonyl (C=O) groups excluding carboxylic acids is 2. The van der Waals surface area contributed by atoms with Crippen LogP contribution in [0.1, 0.15) is 37.7 Å². The molecule has 1 fully saturated rings. The van der Waals surface area contributed by atoms with Gasteiger partial charge in [0.25, 0.3) is 5.91 Å². The number of nitrogens with zero attached hydrogens (tertiary/aromatic N) is 2. The summed E-state index contributed by atoms with van der Waals surface area (Å²) in [5, 5.41) is 20.7. The highest BCUT2D eigenvalue weighted by Crippen LogP contribution is 2.27. The highest BCUT2D eigenvalue weighted by Gasteiger charge is 2.33. The summed E-state index contributed by atoms with van der Waals surface area (Å²) in [5.41, 5.74) is -0.360. The molecule has 1 N–H and O–H groups in total. The van der Waals surface area contributed by atoms with Gasteiger partial charge in [-0.3, -0.25) is 4.79 Å². The molecule has 0 bridgehead atoms. The van der Waals surface area contributed by atoms with Crippen LogP contribution in [0, 0.1) is 22.7 Å². The smallest absolute Gasteiger partial charge is 0.344 e. The van der Waals surface area contributed by atoms with Crippen LogP contribution in [0.2, 0.25) is 0 Å². The fourth-order valence-electron chi connectivity index (χ4n) is 2.68. The lowest BCUT2D eigenvalue weighted by Crippen LogP contribution is -2.50. The number of nitrogens with one attached hydrogen (secondary N) is 1. The van der Waals surface area contributed by atoms with Crippen LogP contribution < -0.4 is 10.1 Å². The molecule has 1 saturated carbocycles. The Morgan fingerprint density at radius 1 is 1.08 bits per heavy atom. The van der Waals surface area contributed by atoms with Gasteiger partial charge in [0.1, 0.15) is 11.3 Å². The Hall–Kier alpha value is -3.06. The number of amides is 1. The van der Waals surface area contributed by atoms with Gasteiger partial charge in [0.15, 0.2) is 13.2 Å². The van der Waals surface area contributed by atoms with Gasteiger partial charge in [-0.05, 0) is 37.1 Å². The molecule has 0 saturated heterocycles. The number of benzene rings is 1. The van der Waals surface area contributed by atoms with Crippen LogP contribution in [0.4, 0.5) is 0 Å². The van der Waals surface area contributed by atoms with E-state index in [4.69, 9.17) is 14.7 Å². The normalized spacial score (nSPS) is 15.3. The van der Waals surface area contributed by atoms with Gasteiger partial charge in [-0.15, -0.1) is 0 Å². The second kappa shape index (κ2) is 8.70. The lowest BCUT2D eigenvalue weighted by molar-refractivity contribution is -0.150. The first-order chi connectivity index (χ1) is 12.1. The summed E-state index contributed by atoms with van der Waals surface area (Å²) in [6.45, 7) is -0.790. The molecule has 0 radical (unpaired) electrons. The zero-order valence-corrected chi connectivity index (χ0v) is 13.8. The van der Waals surface area contributed by atoms with Crippen molar-refractivity contribution >= 4 is 11.9 Å². The monoisotopic (exact) mass is 341 g/mol. The Balaban J connectivity index is 1.72. The lowest BCUT2D eigenvalue weighted by atomic mass is 9.83. The molecule has 0 aromatic heterocycles. The maximum atomic E-state index is 11.9. The van der Waals surface area contributed by atoms with E-state index >= 15 is 0 Å². The molecular weight excluding hydrogens is 322 g/mol. The van der Waals surface area contributed by atoms with E-state index in [-0.39, 0.29) is 6.61 Å². The fourth-order valence-corrected chi connectivity index (χ4v) is 2.68. The van der Waals surface area contributed by atoms with E-state index in [2.05, 4.69) is 11.4 Å². The zero-order chi connectivity index (χ0) is 18.1. The molecule has 0 aliphatic heterocycles. The molecule has 0 spiro atoms. The van der Waals surface area contributed by atoms with E-state index < -0.39 is 24.0 Å². The Morgan fingerprint density at radius 3 is 2.36 bits per heavy atom. The van der Waals surface area contributed by atoms with Crippen LogP contribution in [0.15, 0.2) is 24.3 Å². The van der Waals surface area contributed by atoms with Gasteiger partial charge in [-0.1, -0.05) is 19.3 Å². The Kier molecular flexibility index (Phi) is 6.36. The summed E-state index contributed by atoms with van der Waals surface area (Å²) >= 11 is 0. The Labute approximate surface area is 146 Å². The van der Waals surface area contributed by atoms with E-state index in [0.29, 0.717) is 24.2 Å². The van der Waals surface area contributed by atoms with Gasteiger partial charge in [0.05, 0.1) is 17.7 Å². The van der Waals surface area contributed by atoms with Crippen molar-refractivity contribution in [2.75, 3.05) is 13.2 Å². The van der Waals surface area contributed by atoms with Crippen molar-refractivity contribution in [3.63, 3.8) is 0 Å². The summed E-state index contributed by atoms with van der Waals surface area (Å²) in [7, 11) is 0. The van der Waals surface area contributed by atoms with Gasteiger partial charge in [0.2, 0.25) is 0 Å². The highest BCUT2D eigenvalue weighted by atomic mass is 16.6. The first-order valence-electron chi connectivity index (χ1n) is 8.08. The maximum absolute atomic E-state index is 11.9. The van der Waals surface area contributed by atoms with E-state index in [0.717, 1.165) is 19.3 Å². The van der Waals surface area contributed by atoms with Crippen LogP contribution in [0.5, 0.6) is 5.75 Å². The molecule has 1 amide bonds. The minimum absolute atomic E-state index is 0.345. The van der Waals surface area contributed by atoms with Gasteiger partial charge < -0.3 is 14.8 Å². The molecule has 1 aromatic rings. The molecular formula is C18H19N3O4. The number of esters is 1. The van der Waals surface area contributed by atoms with Crippen molar-refractivity contribution in [3.8, 4) is 17.9 Å². The largest absolute Gasteiger partial charge is 0.482 e. The second-order valence-electron chi connectivity index (χ2n) is 5.89. The van der Waals surface area contributed by atoms with Crippen LogP contribution >= 0.6 is 0 Å². The van der Waals surface area contributed by atoms with Crippen molar-refractivity contribution in [3.05, 3.63) is 29.8 Å². The third kappa shape index (κ3) is 5.50. The molecule has 0 atom stereocenters. The number of hydrogen-bond acceptors (Lipinski definition) is 6. The van der Waals surface area contributed by atoms with Crippen molar-refractivity contribution in [1.29, 1.82) is 10.5 Å². The van der Waals surface area contributed by atoms with Crippen molar-refractivity contribution < 1.29 is 19.1 Å². The third-order valence-electron chi connectivity index (χ3n) is 4.00. The average Bonchev–Trinajstić information content (AvgIpc) is 2.66. The molecule has 0 heterocycles. The highest BCUT2D eigenvalue weighted by molar-refractivity contribution is 5.81. The fraction of sp³-hybridized carbons (Fsp3) is 0.444. The predicted molar refractivity (Wildman–Crippen MR) is 87.2 cm³/mol. The van der Waals surface area contributed by atoms with Gasteiger partial charge in [-0.25, -0.2) is 4.79 Å². The molecule has 1 aliphatic rings. The van der Waals surface area contributed by atoms with E-state index in [9.17, 15) is 14.9 Å². The number of carbonyl (C=O) groups is 2. The molecule has 7 nitrogen and oxygen atoms in total. The van der Waals surface area contributed by atoms with E-state index in [1.165, 1.54) is 0 Å². The van der Waals surface area contributed by atoms with Crippen LogP contribution in [0.25, 0.3) is 0 Å². The van der Waals surface area contributed by atoms with Gasteiger partial charge in [-0.2, -0.15) is 10.5 Å². The average molecular weight is 341 g/mol. The Bertz CT molecular complexity index is 695. The maximum Gasteiger partial charge on any atom is 0.344 e. The SMILES string of the molecule is N#Cc1ccc(OCC(=O)OCC(=O)NC2(C#N)CCCCC2)cc1. The predicted octanol–water partition coefficient (Wildman–Crippen LogP) is 1.82. The molecule has 1 aromatic carbocycles. The molecule has 25 heavy (non-hydrogen) atoms. The van der Waals surface area contributed by atoms with Gasteiger partial charge >= 0.3 is 5.97 Å².